The second-order valence-electron chi connectivity index (χ2n) is 3.66. The van der Waals surface area contributed by atoms with Crippen LogP contribution >= 0.6 is 0 Å². The SMILES string of the molecule is CC(Oc1ccccc1)C(=O)N[C@@H](CO)C(=O)O. The van der Waals surface area contributed by atoms with E-state index in [1.54, 1.807) is 24.3 Å². The van der Waals surface area contributed by atoms with Gasteiger partial charge >= 0.3 is 5.97 Å². The second-order valence-corrected chi connectivity index (χ2v) is 3.66. The summed E-state index contributed by atoms with van der Waals surface area (Å²) in [5.41, 5.74) is 0. The van der Waals surface area contributed by atoms with Crippen molar-refractivity contribution in [2.75, 3.05) is 6.61 Å². The van der Waals surface area contributed by atoms with Gasteiger partial charge in [0, 0.05) is 0 Å². The van der Waals surface area contributed by atoms with E-state index in [2.05, 4.69) is 5.32 Å². The van der Waals surface area contributed by atoms with E-state index in [9.17, 15) is 9.59 Å². The first-order chi connectivity index (χ1) is 8.54. The highest BCUT2D eigenvalue weighted by Gasteiger charge is 2.22. The van der Waals surface area contributed by atoms with Gasteiger partial charge in [-0.15, -0.1) is 0 Å². The van der Waals surface area contributed by atoms with Gasteiger partial charge in [-0.25, -0.2) is 4.79 Å². The van der Waals surface area contributed by atoms with Gasteiger partial charge in [0.2, 0.25) is 0 Å². The number of amides is 1. The molecule has 18 heavy (non-hydrogen) atoms. The van der Waals surface area contributed by atoms with Crippen molar-refractivity contribution < 1.29 is 24.5 Å². The van der Waals surface area contributed by atoms with E-state index < -0.39 is 30.6 Å². The summed E-state index contributed by atoms with van der Waals surface area (Å²) in [5.74, 6) is -1.38. The summed E-state index contributed by atoms with van der Waals surface area (Å²) in [7, 11) is 0. The molecule has 1 unspecified atom stereocenters. The number of aliphatic carboxylic acids is 1. The van der Waals surface area contributed by atoms with Gasteiger partial charge in [-0.05, 0) is 19.1 Å². The predicted molar refractivity (Wildman–Crippen MR) is 63.2 cm³/mol. The maximum Gasteiger partial charge on any atom is 0.328 e. The highest BCUT2D eigenvalue weighted by Crippen LogP contribution is 2.10. The average Bonchev–Trinajstić information content (AvgIpc) is 2.36. The molecule has 1 aromatic carbocycles. The third-order valence-corrected chi connectivity index (χ3v) is 2.22. The van der Waals surface area contributed by atoms with Crippen LogP contribution in [0.2, 0.25) is 0 Å². The number of hydrogen-bond acceptors (Lipinski definition) is 4. The van der Waals surface area contributed by atoms with E-state index in [1.165, 1.54) is 6.92 Å². The van der Waals surface area contributed by atoms with Crippen molar-refractivity contribution in [1.29, 1.82) is 0 Å². The Morgan fingerprint density at radius 2 is 1.94 bits per heavy atom. The predicted octanol–water partition coefficient (Wildman–Crippen LogP) is 0.0156. The number of hydrogen-bond donors (Lipinski definition) is 3. The molecule has 0 saturated carbocycles. The molecule has 6 nitrogen and oxygen atoms in total. The molecule has 0 heterocycles. The number of nitrogens with one attached hydrogen (secondary N) is 1. The number of carboxylic acids is 1. The van der Waals surface area contributed by atoms with E-state index in [4.69, 9.17) is 14.9 Å². The number of carbonyl (C=O) groups is 2. The summed E-state index contributed by atoms with van der Waals surface area (Å²) in [5, 5.41) is 19.6. The number of ether oxygens (including phenoxy) is 1. The first-order valence-electron chi connectivity index (χ1n) is 5.40. The molecule has 0 aliphatic carbocycles. The van der Waals surface area contributed by atoms with Gasteiger partial charge in [0.25, 0.3) is 5.91 Å². The Bertz CT molecular complexity index is 406. The number of para-hydroxylation sites is 1. The number of aliphatic hydroxyl groups excluding tert-OH is 1. The first kappa shape index (κ1) is 14.0. The summed E-state index contributed by atoms with van der Waals surface area (Å²) in [6, 6.07) is 7.37. The first-order valence-corrected chi connectivity index (χ1v) is 5.40. The lowest BCUT2D eigenvalue weighted by atomic mass is 10.2. The lowest BCUT2D eigenvalue weighted by molar-refractivity contribution is -0.144. The molecule has 1 rings (SSSR count). The van der Waals surface area contributed by atoms with Crippen molar-refractivity contribution in [2.45, 2.75) is 19.1 Å². The average molecular weight is 253 g/mol. The molecule has 0 radical (unpaired) electrons. The Labute approximate surface area is 104 Å². The number of benzene rings is 1. The Morgan fingerprint density at radius 1 is 1.33 bits per heavy atom. The van der Waals surface area contributed by atoms with E-state index in [0.29, 0.717) is 5.75 Å². The molecule has 98 valence electrons. The molecule has 1 amide bonds. The maximum absolute atomic E-state index is 11.6. The fourth-order valence-corrected chi connectivity index (χ4v) is 1.23. The largest absolute Gasteiger partial charge is 0.481 e. The van der Waals surface area contributed by atoms with Crippen LogP contribution in [-0.4, -0.2) is 40.8 Å². The molecule has 6 heteroatoms. The lowest BCUT2D eigenvalue weighted by Gasteiger charge is -2.17. The zero-order valence-corrected chi connectivity index (χ0v) is 9.87. The van der Waals surface area contributed by atoms with Crippen molar-refractivity contribution in [1.82, 2.24) is 5.32 Å². The van der Waals surface area contributed by atoms with Crippen LogP contribution in [0.4, 0.5) is 0 Å². The third kappa shape index (κ3) is 4.06. The van der Waals surface area contributed by atoms with Crippen molar-refractivity contribution in [3.63, 3.8) is 0 Å². The summed E-state index contributed by atoms with van der Waals surface area (Å²) >= 11 is 0. The van der Waals surface area contributed by atoms with E-state index in [1.807, 2.05) is 6.07 Å². The molecule has 2 atom stereocenters. The van der Waals surface area contributed by atoms with Crippen molar-refractivity contribution in [3.05, 3.63) is 30.3 Å². The van der Waals surface area contributed by atoms with Crippen LogP contribution in [0.25, 0.3) is 0 Å². The minimum absolute atomic E-state index is 0.510. The van der Waals surface area contributed by atoms with Crippen LogP contribution in [0.3, 0.4) is 0 Å². The van der Waals surface area contributed by atoms with Crippen LogP contribution < -0.4 is 10.1 Å². The van der Waals surface area contributed by atoms with Gasteiger partial charge in [-0.3, -0.25) is 4.79 Å². The molecule has 0 aromatic heterocycles. The van der Waals surface area contributed by atoms with Crippen molar-refractivity contribution in [3.8, 4) is 5.75 Å². The Kier molecular flexibility index (Phi) is 5.13. The zero-order chi connectivity index (χ0) is 13.5. The molecule has 0 spiro atoms. The summed E-state index contributed by atoms with van der Waals surface area (Å²) < 4.78 is 5.31. The monoisotopic (exact) mass is 253 g/mol. The van der Waals surface area contributed by atoms with Crippen molar-refractivity contribution in [2.24, 2.45) is 0 Å². The highest BCUT2D eigenvalue weighted by atomic mass is 16.5. The fourth-order valence-electron chi connectivity index (χ4n) is 1.23. The van der Waals surface area contributed by atoms with Gasteiger partial charge in [-0.1, -0.05) is 18.2 Å². The maximum atomic E-state index is 11.6. The van der Waals surface area contributed by atoms with E-state index in [-0.39, 0.29) is 0 Å². The minimum atomic E-state index is -1.32. The Hall–Kier alpha value is -2.08. The van der Waals surface area contributed by atoms with Crippen LogP contribution in [-0.2, 0) is 9.59 Å². The number of rotatable bonds is 6. The molecule has 0 aliphatic rings. The molecule has 0 bridgehead atoms. The standard InChI is InChI=1S/C12H15NO5/c1-8(18-9-5-3-2-4-6-9)11(15)13-10(7-14)12(16)17/h2-6,8,10,14H,7H2,1H3,(H,13,15)(H,16,17)/t8?,10-/m0/s1. The summed E-state index contributed by atoms with van der Waals surface area (Å²) in [6.45, 7) is 0.831. The highest BCUT2D eigenvalue weighted by molar-refractivity contribution is 5.86. The number of carbonyl (C=O) groups excluding carboxylic acids is 1. The van der Waals surface area contributed by atoms with Crippen LogP contribution in [0.1, 0.15) is 6.92 Å². The molecule has 0 aliphatic heterocycles. The zero-order valence-electron chi connectivity index (χ0n) is 9.87. The topological polar surface area (TPSA) is 95.9 Å². The Morgan fingerprint density at radius 3 is 2.44 bits per heavy atom. The summed E-state index contributed by atoms with van der Waals surface area (Å²) in [6.07, 6.45) is -0.846. The minimum Gasteiger partial charge on any atom is -0.481 e. The van der Waals surface area contributed by atoms with Gasteiger partial charge < -0.3 is 20.3 Å². The van der Waals surface area contributed by atoms with Gasteiger partial charge in [-0.2, -0.15) is 0 Å². The Balaban J connectivity index is 2.54. The molecule has 0 fully saturated rings. The molecule has 1 aromatic rings. The fraction of sp³-hybridized carbons (Fsp3) is 0.333. The van der Waals surface area contributed by atoms with Crippen LogP contribution in [0, 0.1) is 0 Å². The molecule has 0 saturated heterocycles. The second kappa shape index (κ2) is 6.61. The van der Waals surface area contributed by atoms with Crippen molar-refractivity contribution >= 4 is 11.9 Å². The quantitative estimate of drug-likeness (QED) is 0.664. The smallest absolute Gasteiger partial charge is 0.328 e. The normalized spacial score (nSPS) is 13.4. The number of aliphatic hydroxyl groups is 1. The van der Waals surface area contributed by atoms with E-state index in [0.717, 1.165) is 0 Å². The van der Waals surface area contributed by atoms with Gasteiger partial charge in [0.15, 0.2) is 6.10 Å². The van der Waals surface area contributed by atoms with Crippen LogP contribution in [0.15, 0.2) is 30.3 Å². The van der Waals surface area contributed by atoms with Gasteiger partial charge in [0.1, 0.15) is 11.8 Å². The number of carboxylic acid groups (broad SMARTS) is 1. The molecule has 3 N–H and O–H groups in total. The third-order valence-electron chi connectivity index (χ3n) is 2.22. The lowest BCUT2D eigenvalue weighted by Crippen LogP contribution is -2.48. The summed E-state index contributed by atoms with van der Waals surface area (Å²) in [4.78, 5) is 22.2. The van der Waals surface area contributed by atoms with Gasteiger partial charge in [0.05, 0.1) is 6.61 Å². The van der Waals surface area contributed by atoms with E-state index >= 15 is 0 Å². The molecular formula is C12H15NO5. The van der Waals surface area contributed by atoms with Crippen LogP contribution in [0.5, 0.6) is 5.75 Å². The molecular weight excluding hydrogens is 238 g/mol.